The van der Waals surface area contributed by atoms with Crippen LogP contribution >= 0.6 is 0 Å². The van der Waals surface area contributed by atoms with Crippen LogP contribution in [0, 0.1) is 0 Å². The van der Waals surface area contributed by atoms with Crippen LogP contribution in [0.4, 0.5) is 0 Å². The second kappa shape index (κ2) is 8.96. The molecule has 0 saturated carbocycles. The van der Waals surface area contributed by atoms with Gasteiger partial charge in [-0.05, 0) is 31.9 Å². The first-order valence-corrected chi connectivity index (χ1v) is 9.10. The number of benzene rings is 2. The quantitative estimate of drug-likeness (QED) is 0.417. The zero-order valence-corrected chi connectivity index (χ0v) is 15.1. The Labute approximate surface area is 139 Å². The molecule has 0 heterocycles. The summed E-state index contributed by atoms with van der Waals surface area (Å²) in [6.45, 7) is 6.66. The highest BCUT2D eigenvalue weighted by Crippen LogP contribution is 2.12. The van der Waals surface area contributed by atoms with E-state index in [1.54, 1.807) is 0 Å². The molecule has 0 spiro atoms. The van der Waals surface area contributed by atoms with E-state index in [1.165, 1.54) is 0 Å². The van der Waals surface area contributed by atoms with Crippen LogP contribution in [0.5, 0.6) is 0 Å². The van der Waals surface area contributed by atoms with Crippen molar-refractivity contribution >= 4 is 9.53 Å². The minimum atomic E-state index is -2.40. The van der Waals surface area contributed by atoms with Crippen molar-refractivity contribution in [2.75, 3.05) is 0 Å². The van der Waals surface area contributed by atoms with E-state index in [-0.39, 0.29) is 0 Å². The van der Waals surface area contributed by atoms with Gasteiger partial charge in [0.25, 0.3) is 0 Å². The first kappa shape index (κ1) is 17.8. The van der Waals surface area contributed by atoms with Crippen LogP contribution in [-0.2, 0) is 31.5 Å². The summed E-state index contributed by atoms with van der Waals surface area (Å²) in [5, 5.41) is 0. The van der Waals surface area contributed by atoms with Gasteiger partial charge in [-0.3, -0.25) is 0 Å². The summed E-state index contributed by atoms with van der Waals surface area (Å²) in [6.07, 6.45) is 0. The van der Waals surface area contributed by atoms with Crippen LogP contribution in [0.15, 0.2) is 60.7 Å². The Kier molecular flexibility index (Phi) is 6.95. The summed E-state index contributed by atoms with van der Waals surface area (Å²) >= 11 is 0. The van der Waals surface area contributed by atoms with Crippen molar-refractivity contribution in [1.82, 2.24) is 0 Å². The van der Waals surface area contributed by atoms with E-state index in [2.05, 4.69) is 0 Å². The van der Waals surface area contributed by atoms with Gasteiger partial charge < -0.3 is 8.85 Å². The molecule has 0 unspecified atom stereocenters. The van der Waals surface area contributed by atoms with Gasteiger partial charge in [0.1, 0.15) is 0 Å². The van der Waals surface area contributed by atoms with E-state index < -0.39 is 15.1 Å². The largest absolute Gasteiger partial charge is 0.514 e. The van der Waals surface area contributed by atoms with Crippen molar-refractivity contribution in [1.29, 1.82) is 0 Å². The molecule has 0 N–H and O–H groups in total. The Hall–Kier alpha value is -1.50. The highest BCUT2D eigenvalue weighted by atomic mass is 28.3. The lowest BCUT2D eigenvalue weighted by Crippen LogP contribution is -2.32. The molecule has 2 aromatic rings. The summed E-state index contributed by atoms with van der Waals surface area (Å²) in [5.41, 5.74) is 1.75. The molecule has 0 bridgehead atoms. The Morgan fingerprint density at radius 3 is 1.57 bits per heavy atom. The van der Waals surface area contributed by atoms with Crippen molar-refractivity contribution in [3.05, 3.63) is 71.8 Å². The van der Waals surface area contributed by atoms with Crippen molar-refractivity contribution in [3.8, 4) is 0 Å². The van der Waals surface area contributed by atoms with E-state index in [4.69, 9.17) is 18.3 Å². The summed E-state index contributed by atoms with van der Waals surface area (Å²) in [6, 6.07) is 19.9. The van der Waals surface area contributed by atoms with Crippen LogP contribution in [0.25, 0.3) is 0 Å². The molecule has 0 aliphatic carbocycles. The fraction of sp³-hybridized carbons (Fsp3) is 0.333. The monoisotopic (exact) mass is 332 g/mol. The van der Waals surface area contributed by atoms with Gasteiger partial charge in [0, 0.05) is 0 Å². The van der Waals surface area contributed by atoms with Gasteiger partial charge in [0.15, 0.2) is 0 Å². The van der Waals surface area contributed by atoms with Gasteiger partial charge in [-0.2, -0.15) is 0 Å². The Morgan fingerprint density at radius 1 is 0.739 bits per heavy atom. The zero-order chi connectivity index (χ0) is 16.5. The maximum Gasteiger partial charge on any atom is 0.514 e. The van der Waals surface area contributed by atoms with Gasteiger partial charge >= 0.3 is 9.53 Å². The molecule has 2 aromatic carbocycles. The van der Waals surface area contributed by atoms with Crippen molar-refractivity contribution in [2.45, 2.75) is 39.6 Å². The van der Waals surface area contributed by atoms with Gasteiger partial charge in [0.2, 0.25) is 0 Å². The summed E-state index contributed by atoms with van der Waals surface area (Å²) in [5.74, 6) is 0. The fourth-order valence-corrected chi connectivity index (χ4v) is 3.00. The standard InChI is InChI=1S/C18H24O4Si/c1-18(2,3)21-22-23(19-14-16-10-6-4-7-11-16)20-15-17-12-8-5-9-13-17/h4-13,23H,14-15H2,1-3H3. The third-order valence-corrected chi connectivity index (χ3v) is 3.97. The second-order valence-electron chi connectivity index (χ2n) is 6.17. The topological polar surface area (TPSA) is 36.9 Å². The molecule has 0 saturated heterocycles. The molecule has 0 aliphatic rings. The molecule has 124 valence electrons. The van der Waals surface area contributed by atoms with E-state index in [0.717, 1.165) is 11.1 Å². The molecule has 0 atom stereocenters. The lowest BCUT2D eigenvalue weighted by Gasteiger charge is -2.22. The predicted octanol–water partition coefficient (Wildman–Crippen LogP) is 3.88. The molecular formula is C18H24O4Si. The smallest absolute Gasteiger partial charge is 0.370 e. The van der Waals surface area contributed by atoms with E-state index in [0.29, 0.717) is 13.2 Å². The van der Waals surface area contributed by atoms with Crippen molar-refractivity contribution in [3.63, 3.8) is 0 Å². The third kappa shape index (κ3) is 7.54. The highest BCUT2D eigenvalue weighted by Gasteiger charge is 2.22. The number of rotatable bonds is 8. The maximum absolute atomic E-state index is 5.81. The SMILES string of the molecule is CC(C)(C)OO[SiH](OCc1ccccc1)OCc1ccccc1. The van der Waals surface area contributed by atoms with E-state index in [1.807, 2.05) is 81.4 Å². The zero-order valence-electron chi connectivity index (χ0n) is 13.9. The maximum atomic E-state index is 5.81. The summed E-state index contributed by atoms with van der Waals surface area (Å²) < 4.78 is 17.1. The molecule has 0 aliphatic heterocycles. The van der Waals surface area contributed by atoms with Crippen LogP contribution in [0.2, 0.25) is 0 Å². The normalized spacial score (nSPS) is 11.8. The molecule has 0 radical (unpaired) electrons. The molecule has 23 heavy (non-hydrogen) atoms. The van der Waals surface area contributed by atoms with Crippen LogP contribution in [0.1, 0.15) is 31.9 Å². The predicted molar refractivity (Wildman–Crippen MR) is 91.5 cm³/mol. The molecular weight excluding hydrogens is 308 g/mol. The molecule has 5 heteroatoms. The van der Waals surface area contributed by atoms with Gasteiger partial charge in [-0.1, -0.05) is 60.7 Å². The first-order chi connectivity index (χ1) is 11.0. The number of hydrogen-bond donors (Lipinski definition) is 0. The fourth-order valence-electron chi connectivity index (χ4n) is 1.76. The van der Waals surface area contributed by atoms with Gasteiger partial charge in [-0.25, -0.2) is 9.46 Å². The Balaban J connectivity index is 1.88. The summed E-state index contributed by atoms with van der Waals surface area (Å²) in [4.78, 5) is 5.38. The van der Waals surface area contributed by atoms with Crippen LogP contribution < -0.4 is 0 Å². The molecule has 4 nitrogen and oxygen atoms in total. The molecule has 0 fully saturated rings. The molecule has 0 aromatic heterocycles. The van der Waals surface area contributed by atoms with Gasteiger partial charge in [-0.15, -0.1) is 0 Å². The Morgan fingerprint density at radius 2 is 1.17 bits per heavy atom. The average Bonchev–Trinajstić information content (AvgIpc) is 2.55. The van der Waals surface area contributed by atoms with E-state index in [9.17, 15) is 0 Å². The minimum Gasteiger partial charge on any atom is -0.370 e. The van der Waals surface area contributed by atoms with Crippen molar-refractivity contribution in [2.24, 2.45) is 0 Å². The lowest BCUT2D eigenvalue weighted by atomic mass is 10.2. The highest BCUT2D eigenvalue weighted by molar-refractivity contribution is 6.35. The molecule has 0 amide bonds. The summed E-state index contributed by atoms with van der Waals surface area (Å²) in [7, 11) is -2.40. The van der Waals surface area contributed by atoms with Crippen LogP contribution in [-0.4, -0.2) is 15.1 Å². The minimum absolute atomic E-state index is 0.405. The molecule has 2 rings (SSSR count). The van der Waals surface area contributed by atoms with Gasteiger partial charge in [0.05, 0.1) is 18.8 Å². The second-order valence-corrected chi connectivity index (χ2v) is 7.61. The van der Waals surface area contributed by atoms with Crippen molar-refractivity contribution < 1.29 is 18.3 Å². The van der Waals surface area contributed by atoms with E-state index >= 15 is 0 Å². The van der Waals surface area contributed by atoms with Crippen LogP contribution in [0.3, 0.4) is 0 Å². The Bertz CT molecular complexity index is 511. The average molecular weight is 332 g/mol. The first-order valence-electron chi connectivity index (χ1n) is 7.68. The lowest BCUT2D eigenvalue weighted by molar-refractivity contribution is -0.301. The third-order valence-electron chi connectivity index (χ3n) is 2.83. The number of hydrogen-bond acceptors (Lipinski definition) is 4.